The minimum absolute atomic E-state index is 0.380. The maximum Gasteiger partial charge on any atom is 0.346 e. The van der Waals surface area contributed by atoms with Crippen LogP contribution in [-0.2, 0) is 16.9 Å². The van der Waals surface area contributed by atoms with Crippen LogP contribution in [0.25, 0.3) is 0 Å². The Bertz CT molecular complexity index is 1140. The molecule has 4 rings (SSSR count). The Balaban J connectivity index is 1.60. The molecule has 7 nitrogen and oxygen atoms in total. The van der Waals surface area contributed by atoms with Gasteiger partial charge in [0.15, 0.2) is 0 Å². The van der Waals surface area contributed by atoms with Gasteiger partial charge in [0.1, 0.15) is 5.54 Å². The summed E-state index contributed by atoms with van der Waals surface area (Å²) >= 11 is 0. The third kappa shape index (κ3) is 3.63. The quantitative estimate of drug-likeness (QED) is 0.492. The number of rotatable bonds is 6. The van der Waals surface area contributed by atoms with Crippen LogP contribution in [0.1, 0.15) is 41.4 Å². The van der Waals surface area contributed by atoms with E-state index >= 15 is 0 Å². The van der Waals surface area contributed by atoms with Crippen LogP contribution in [0.5, 0.6) is 0 Å². The SMILES string of the molecule is CC[C@@]1(c2ccccc2)NC(=O)N(N=Cc2c(C)nn(Cc3ccccc3)c2C)C1=O. The molecule has 7 heteroatoms. The maximum atomic E-state index is 13.2. The van der Waals surface area contributed by atoms with Gasteiger partial charge in [-0.25, -0.2) is 4.79 Å². The largest absolute Gasteiger partial charge is 0.346 e. The Labute approximate surface area is 181 Å². The average molecular weight is 415 g/mol. The van der Waals surface area contributed by atoms with E-state index in [1.54, 1.807) is 6.21 Å². The van der Waals surface area contributed by atoms with Crippen molar-refractivity contribution < 1.29 is 9.59 Å². The Kier molecular flexibility index (Phi) is 5.42. The fourth-order valence-electron chi connectivity index (χ4n) is 3.95. The third-order valence-electron chi connectivity index (χ3n) is 5.78. The molecule has 1 saturated heterocycles. The number of hydrogen-bond acceptors (Lipinski definition) is 4. The van der Waals surface area contributed by atoms with Crippen LogP contribution in [0.15, 0.2) is 65.8 Å². The molecule has 1 atom stereocenters. The molecule has 2 heterocycles. The monoisotopic (exact) mass is 415 g/mol. The highest BCUT2D eigenvalue weighted by Crippen LogP contribution is 2.32. The minimum atomic E-state index is -1.10. The maximum absolute atomic E-state index is 13.2. The molecule has 0 unspecified atom stereocenters. The van der Waals surface area contributed by atoms with Crippen molar-refractivity contribution in [1.29, 1.82) is 0 Å². The molecule has 31 heavy (non-hydrogen) atoms. The van der Waals surface area contributed by atoms with Crippen molar-refractivity contribution in [1.82, 2.24) is 20.1 Å². The van der Waals surface area contributed by atoms with E-state index in [9.17, 15) is 9.59 Å². The van der Waals surface area contributed by atoms with Gasteiger partial charge in [0, 0.05) is 11.3 Å². The predicted octanol–water partition coefficient (Wildman–Crippen LogP) is 3.74. The lowest BCUT2D eigenvalue weighted by Gasteiger charge is -2.24. The lowest BCUT2D eigenvalue weighted by molar-refractivity contribution is -0.131. The van der Waals surface area contributed by atoms with E-state index in [0.717, 1.165) is 33.1 Å². The zero-order valence-electron chi connectivity index (χ0n) is 17.9. The van der Waals surface area contributed by atoms with Gasteiger partial charge in [0.25, 0.3) is 5.91 Å². The highest BCUT2D eigenvalue weighted by Gasteiger charge is 2.51. The molecule has 1 aromatic heterocycles. The van der Waals surface area contributed by atoms with Crippen molar-refractivity contribution in [2.24, 2.45) is 5.10 Å². The van der Waals surface area contributed by atoms with Crippen molar-refractivity contribution in [2.45, 2.75) is 39.3 Å². The molecule has 158 valence electrons. The molecular formula is C24H25N5O2. The molecule has 3 amide bonds. The van der Waals surface area contributed by atoms with Crippen LogP contribution in [0.4, 0.5) is 4.79 Å². The molecule has 1 aliphatic heterocycles. The van der Waals surface area contributed by atoms with Crippen LogP contribution in [-0.4, -0.2) is 32.9 Å². The first kappa shape index (κ1) is 20.5. The second-order valence-electron chi connectivity index (χ2n) is 7.64. The number of imide groups is 1. The predicted molar refractivity (Wildman–Crippen MR) is 119 cm³/mol. The van der Waals surface area contributed by atoms with Gasteiger partial charge in [-0.2, -0.15) is 10.2 Å². The van der Waals surface area contributed by atoms with Crippen molar-refractivity contribution in [3.05, 3.63) is 88.7 Å². The van der Waals surface area contributed by atoms with Gasteiger partial charge in [0.05, 0.1) is 18.5 Å². The zero-order valence-corrected chi connectivity index (χ0v) is 17.9. The van der Waals surface area contributed by atoms with E-state index in [4.69, 9.17) is 0 Å². The summed E-state index contributed by atoms with van der Waals surface area (Å²) in [5.74, 6) is -0.380. The Morgan fingerprint density at radius 2 is 1.68 bits per heavy atom. The van der Waals surface area contributed by atoms with Gasteiger partial charge in [0.2, 0.25) is 0 Å². The second kappa shape index (κ2) is 8.18. The number of urea groups is 1. The number of benzene rings is 2. The summed E-state index contributed by atoms with van der Waals surface area (Å²) in [5, 5.41) is 12.6. The van der Waals surface area contributed by atoms with Crippen LogP contribution >= 0.6 is 0 Å². The molecule has 0 saturated carbocycles. The zero-order chi connectivity index (χ0) is 22.0. The molecule has 2 aromatic carbocycles. The molecule has 0 spiro atoms. The normalized spacial score (nSPS) is 18.7. The highest BCUT2D eigenvalue weighted by molar-refractivity contribution is 6.07. The Morgan fingerprint density at radius 3 is 2.32 bits per heavy atom. The smallest absolute Gasteiger partial charge is 0.318 e. The van der Waals surface area contributed by atoms with Crippen molar-refractivity contribution in [3.8, 4) is 0 Å². The molecule has 0 radical (unpaired) electrons. The molecule has 1 fully saturated rings. The van der Waals surface area contributed by atoms with Crippen LogP contribution < -0.4 is 5.32 Å². The van der Waals surface area contributed by atoms with E-state index in [2.05, 4.69) is 15.5 Å². The fourth-order valence-corrected chi connectivity index (χ4v) is 3.95. The van der Waals surface area contributed by atoms with Gasteiger partial charge in [-0.05, 0) is 31.4 Å². The number of carbonyl (C=O) groups excluding carboxylic acids is 2. The average Bonchev–Trinajstić information content (AvgIpc) is 3.20. The van der Waals surface area contributed by atoms with Crippen LogP contribution in [0.2, 0.25) is 0 Å². The first-order valence-electron chi connectivity index (χ1n) is 10.3. The number of hydrogen-bond donors (Lipinski definition) is 1. The summed E-state index contributed by atoms with van der Waals surface area (Å²) in [4.78, 5) is 25.8. The molecule has 1 N–H and O–H groups in total. The van der Waals surface area contributed by atoms with Gasteiger partial charge in [-0.1, -0.05) is 67.6 Å². The third-order valence-corrected chi connectivity index (χ3v) is 5.78. The summed E-state index contributed by atoms with van der Waals surface area (Å²) in [7, 11) is 0. The van der Waals surface area contributed by atoms with Crippen LogP contribution in [0, 0.1) is 13.8 Å². The molecule has 3 aromatic rings. The number of aryl methyl sites for hydroxylation is 1. The molecule has 1 aliphatic rings. The summed E-state index contributed by atoms with van der Waals surface area (Å²) < 4.78 is 1.90. The standard InChI is InChI=1S/C24H25N5O2/c1-4-24(20-13-9-6-10-14-20)22(30)29(23(31)26-24)25-15-21-17(2)27-28(18(21)3)16-19-11-7-5-8-12-19/h5-15H,4,16H2,1-3H3,(H,26,31)/t24-/m0/s1. The highest BCUT2D eigenvalue weighted by atomic mass is 16.2. The molecule has 0 bridgehead atoms. The summed E-state index contributed by atoms with van der Waals surface area (Å²) in [5.41, 5.74) is 3.29. The van der Waals surface area contributed by atoms with Crippen LogP contribution in [0.3, 0.4) is 0 Å². The van der Waals surface area contributed by atoms with E-state index < -0.39 is 11.6 Å². The topological polar surface area (TPSA) is 79.6 Å². The molecule has 0 aliphatic carbocycles. The summed E-state index contributed by atoms with van der Waals surface area (Å²) in [6, 6.07) is 18.8. The van der Waals surface area contributed by atoms with Gasteiger partial charge in [-0.15, -0.1) is 5.01 Å². The Morgan fingerprint density at radius 1 is 1.03 bits per heavy atom. The van der Waals surface area contributed by atoms with Crippen molar-refractivity contribution >= 4 is 18.2 Å². The van der Waals surface area contributed by atoms with E-state index in [-0.39, 0.29) is 5.91 Å². The fraction of sp³-hybridized carbons (Fsp3) is 0.250. The number of nitrogens with one attached hydrogen (secondary N) is 1. The first-order chi connectivity index (χ1) is 15.0. The first-order valence-corrected chi connectivity index (χ1v) is 10.3. The number of amides is 3. The minimum Gasteiger partial charge on any atom is -0.318 e. The summed E-state index contributed by atoms with van der Waals surface area (Å²) in [6.45, 7) is 6.36. The van der Waals surface area contributed by atoms with E-state index in [1.165, 1.54) is 0 Å². The van der Waals surface area contributed by atoms with Crippen molar-refractivity contribution in [2.75, 3.05) is 0 Å². The number of carbonyl (C=O) groups is 2. The number of aromatic nitrogens is 2. The molecular weight excluding hydrogens is 390 g/mol. The number of nitrogens with zero attached hydrogens (tertiary/aromatic N) is 4. The lowest BCUT2D eigenvalue weighted by Crippen LogP contribution is -2.43. The lowest BCUT2D eigenvalue weighted by atomic mass is 9.87. The number of hydrazone groups is 1. The second-order valence-corrected chi connectivity index (χ2v) is 7.64. The van der Waals surface area contributed by atoms with Gasteiger partial charge >= 0.3 is 6.03 Å². The Hall–Kier alpha value is -3.74. The summed E-state index contributed by atoms with van der Waals surface area (Å²) in [6.07, 6.45) is 1.98. The van der Waals surface area contributed by atoms with Crippen molar-refractivity contribution in [3.63, 3.8) is 0 Å². The van der Waals surface area contributed by atoms with E-state index in [1.807, 2.05) is 86.1 Å². The van der Waals surface area contributed by atoms with Gasteiger partial charge < -0.3 is 5.32 Å². The van der Waals surface area contributed by atoms with Gasteiger partial charge in [-0.3, -0.25) is 9.48 Å². The van der Waals surface area contributed by atoms with E-state index in [0.29, 0.717) is 13.0 Å².